The zero-order valence-corrected chi connectivity index (χ0v) is 9.34. The topological polar surface area (TPSA) is 24.5 Å². The van der Waals surface area contributed by atoms with Crippen LogP contribution in [0.3, 0.4) is 0 Å². The molecule has 0 unspecified atom stereocenters. The monoisotopic (exact) mass is 196 g/mol. The quantitative estimate of drug-likeness (QED) is 0.718. The van der Waals surface area contributed by atoms with Crippen molar-refractivity contribution in [3.8, 4) is 0 Å². The summed E-state index contributed by atoms with van der Waals surface area (Å²) in [5.74, 6) is 1.08. The van der Waals surface area contributed by atoms with Crippen LogP contribution < -0.4 is 5.32 Å². The third-order valence-electron chi connectivity index (χ3n) is 2.54. The van der Waals surface area contributed by atoms with E-state index in [0.717, 1.165) is 31.7 Å². The lowest BCUT2D eigenvalue weighted by molar-refractivity contribution is 0.270. The van der Waals surface area contributed by atoms with Gasteiger partial charge in [-0.25, -0.2) is 0 Å². The first-order valence-electron chi connectivity index (χ1n) is 5.07. The minimum Gasteiger partial charge on any atom is -0.501 e. The van der Waals surface area contributed by atoms with E-state index in [1.165, 1.54) is 5.70 Å². The molecule has 1 aliphatic rings. The molecule has 0 atom stereocenters. The molecule has 0 fully saturated rings. The lowest BCUT2D eigenvalue weighted by Gasteiger charge is -2.24. The predicted octanol–water partition coefficient (Wildman–Crippen LogP) is 1.35. The van der Waals surface area contributed by atoms with E-state index >= 15 is 0 Å². The molecule has 0 bridgehead atoms. The van der Waals surface area contributed by atoms with E-state index in [0.29, 0.717) is 0 Å². The van der Waals surface area contributed by atoms with Crippen molar-refractivity contribution < 1.29 is 4.74 Å². The van der Waals surface area contributed by atoms with Crippen LogP contribution in [-0.2, 0) is 4.74 Å². The Morgan fingerprint density at radius 2 is 2.21 bits per heavy atom. The second kappa shape index (κ2) is 5.70. The van der Waals surface area contributed by atoms with Gasteiger partial charge in [0, 0.05) is 32.3 Å². The van der Waals surface area contributed by atoms with Gasteiger partial charge in [-0.2, -0.15) is 0 Å². The van der Waals surface area contributed by atoms with E-state index in [4.69, 9.17) is 4.74 Å². The molecule has 3 nitrogen and oxygen atoms in total. The molecular weight excluding hydrogens is 176 g/mol. The lowest BCUT2D eigenvalue weighted by atomic mass is 10.1. The van der Waals surface area contributed by atoms with Gasteiger partial charge in [0.1, 0.15) is 0 Å². The Morgan fingerprint density at radius 3 is 2.71 bits per heavy atom. The Labute approximate surface area is 86.4 Å². The number of nitrogens with zero attached hydrogens (tertiary/aromatic N) is 1. The summed E-state index contributed by atoms with van der Waals surface area (Å²) in [6.45, 7) is 2.08. The van der Waals surface area contributed by atoms with E-state index < -0.39 is 0 Å². The van der Waals surface area contributed by atoms with Crippen LogP contribution in [0.2, 0.25) is 0 Å². The number of allylic oxidation sites excluding steroid dienone is 4. The van der Waals surface area contributed by atoms with Crippen molar-refractivity contribution in [3.63, 3.8) is 0 Å². The highest BCUT2D eigenvalue weighted by atomic mass is 16.5. The van der Waals surface area contributed by atoms with Crippen LogP contribution in [0.25, 0.3) is 0 Å². The molecule has 1 aliphatic carbocycles. The van der Waals surface area contributed by atoms with Crippen molar-refractivity contribution in [2.75, 3.05) is 34.3 Å². The molecule has 0 amide bonds. The number of rotatable bonds is 5. The molecule has 0 saturated carbocycles. The minimum absolute atomic E-state index is 1.02. The van der Waals surface area contributed by atoms with Crippen LogP contribution in [0.5, 0.6) is 0 Å². The molecular formula is C11H20N2O. The van der Waals surface area contributed by atoms with Crippen LogP contribution in [0.4, 0.5) is 0 Å². The zero-order chi connectivity index (χ0) is 10.4. The fraction of sp³-hybridized carbons (Fsp3) is 0.636. The molecule has 0 spiro atoms. The van der Waals surface area contributed by atoms with E-state index in [9.17, 15) is 0 Å². The lowest BCUT2D eigenvalue weighted by Crippen LogP contribution is -2.27. The number of methoxy groups -OCH3 is 1. The average molecular weight is 196 g/mol. The molecule has 1 rings (SSSR count). The summed E-state index contributed by atoms with van der Waals surface area (Å²) in [7, 11) is 5.84. The second-order valence-corrected chi connectivity index (χ2v) is 3.52. The summed E-state index contributed by atoms with van der Waals surface area (Å²) in [4.78, 5) is 2.29. The number of hydrogen-bond acceptors (Lipinski definition) is 3. The standard InChI is InChI=1S/C11H20N2O/c1-12-8-9-13(2)10-4-6-11(14-3)7-5-10/h4,6,12H,5,7-9H2,1-3H3. The summed E-state index contributed by atoms with van der Waals surface area (Å²) < 4.78 is 5.19. The summed E-state index contributed by atoms with van der Waals surface area (Å²) in [5, 5.41) is 3.15. The third-order valence-corrected chi connectivity index (χ3v) is 2.54. The van der Waals surface area contributed by atoms with Crippen LogP contribution in [0, 0.1) is 0 Å². The van der Waals surface area contributed by atoms with Gasteiger partial charge in [0.05, 0.1) is 12.9 Å². The highest BCUT2D eigenvalue weighted by Gasteiger charge is 2.09. The maximum atomic E-state index is 5.19. The minimum atomic E-state index is 1.02. The molecule has 0 aromatic rings. The average Bonchev–Trinajstić information content (AvgIpc) is 2.26. The van der Waals surface area contributed by atoms with Crippen LogP contribution >= 0.6 is 0 Å². The van der Waals surface area contributed by atoms with Crippen molar-refractivity contribution in [1.82, 2.24) is 10.2 Å². The molecule has 1 N–H and O–H groups in total. The Bertz CT molecular complexity index is 233. The molecule has 0 aromatic carbocycles. The van der Waals surface area contributed by atoms with Gasteiger partial charge in [-0.15, -0.1) is 0 Å². The van der Waals surface area contributed by atoms with E-state index in [2.05, 4.69) is 29.4 Å². The fourth-order valence-electron chi connectivity index (χ4n) is 1.52. The molecule has 0 radical (unpaired) electrons. The Hall–Kier alpha value is -0.960. The van der Waals surface area contributed by atoms with Gasteiger partial charge < -0.3 is 15.0 Å². The van der Waals surface area contributed by atoms with Gasteiger partial charge >= 0.3 is 0 Å². The summed E-state index contributed by atoms with van der Waals surface area (Å²) >= 11 is 0. The number of ether oxygens (including phenoxy) is 1. The van der Waals surface area contributed by atoms with Gasteiger partial charge in [-0.05, 0) is 25.6 Å². The van der Waals surface area contributed by atoms with Crippen molar-refractivity contribution in [1.29, 1.82) is 0 Å². The molecule has 0 saturated heterocycles. The number of likely N-dealkylation sites (N-methyl/N-ethyl adjacent to an activating group) is 2. The normalized spacial score (nSPS) is 15.9. The molecule has 80 valence electrons. The molecule has 14 heavy (non-hydrogen) atoms. The van der Waals surface area contributed by atoms with E-state index in [1.807, 2.05) is 7.05 Å². The number of nitrogens with one attached hydrogen (secondary N) is 1. The smallest absolute Gasteiger partial charge is 0.0959 e. The molecule has 3 heteroatoms. The fourth-order valence-corrected chi connectivity index (χ4v) is 1.52. The maximum Gasteiger partial charge on any atom is 0.0959 e. The van der Waals surface area contributed by atoms with Crippen LogP contribution in [-0.4, -0.2) is 39.2 Å². The van der Waals surface area contributed by atoms with Gasteiger partial charge in [-0.3, -0.25) is 0 Å². The maximum absolute atomic E-state index is 5.19. The first-order valence-corrected chi connectivity index (χ1v) is 5.07. The highest BCUT2D eigenvalue weighted by molar-refractivity contribution is 5.20. The van der Waals surface area contributed by atoms with Crippen molar-refractivity contribution in [2.45, 2.75) is 12.8 Å². The summed E-state index contributed by atoms with van der Waals surface area (Å²) in [6.07, 6.45) is 6.32. The van der Waals surface area contributed by atoms with Gasteiger partial charge in [0.2, 0.25) is 0 Å². The van der Waals surface area contributed by atoms with Crippen molar-refractivity contribution >= 4 is 0 Å². The first-order chi connectivity index (χ1) is 6.77. The van der Waals surface area contributed by atoms with Crippen LogP contribution in [0.1, 0.15) is 12.8 Å². The third kappa shape index (κ3) is 3.07. The highest BCUT2D eigenvalue weighted by Crippen LogP contribution is 2.20. The van der Waals surface area contributed by atoms with Crippen molar-refractivity contribution in [2.24, 2.45) is 0 Å². The molecule has 0 heterocycles. The number of hydrogen-bond donors (Lipinski definition) is 1. The predicted molar refractivity (Wildman–Crippen MR) is 59.0 cm³/mol. The SMILES string of the molecule is CNCCN(C)C1=CC=C(OC)CC1. The summed E-state index contributed by atoms with van der Waals surface area (Å²) in [5.41, 5.74) is 1.39. The van der Waals surface area contributed by atoms with Crippen molar-refractivity contribution in [3.05, 3.63) is 23.6 Å². The zero-order valence-electron chi connectivity index (χ0n) is 9.34. The first kappa shape index (κ1) is 11.1. The largest absolute Gasteiger partial charge is 0.501 e. The van der Waals surface area contributed by atoms with Crippen LogP contribution in [0.15, 0.2) is 23.6 Å². The van der Waals surface area contributed by atoms with Gasteiger partial charge in [-0.1, -0.05) is 0 Å². The second-order valence-electron chi connectivity index (χ2n) is 3.52. The Morgan fingerprint density at radius 1 is 1.43 bits per heavy atom. The van der Waals surface area contributed by atoms with E-state index in [1.54, 1.807) is 7.11 Å². The molecule has 0 aliphatic heterocycles. The Kier molecular flexibility index (Phi) is 4.53. The van der Waals surface area contributed by atoms with Gasteiger partial charge in [0.15, 0.2) is 0 Å². The van der Waals surface area contributed by atoms with Gasteiger partial charge in [0.25, 0.3) is 0 Å². The molecule has 0 aromatic heterocycles. The van der Waals surface area contributed by atoms with E-state index in [-0.39, 0.29) is 0 Å². The summed E-state index contributed by atoms with van der Waals surface area (Å²) in [6, 6.07) is 0. The Balaban J connectivity index is 2.45.